The lowest BCUT2D eigenvalue weighted by Crippen LogP contribution is -2.20. The summed E-state index contributed by atoms with van der Waals surface area (Å²) in [5.41, 5.74) is 0. The van der Waals surface area contributed by atoms with Gasteiger partial charge in [-0.25, -0.2) is 0 Å². The molecule has 2 nitrogen and oxygen atoms in total. The van der Waals surface area contributed by atoms with Crippen LogP contribution >= 0.6 is 15.9 Å². The second-order valence-corrected chi connectivity index (χ2v) is 5.00. The highest BCUT2D eigenvalue weighted by Gasteiger charge is 2.24. The molecule has 1 rings (SSSR count). The second-order valence-electron chi connectivity index (χ2n) is 3.82. The van der Waals surface area contributed by atoms with E-state index in [9.17, 15) is 0 Å². The average Bonchev–Trinajstić information content (AvgIpc) is 2.58. The molecule has 0 amide bonds. The Bertz CT molecular complexity index is 141. The SMILES string of the molecule is CCCCOCCOC1CCCC1Br. The number of hydrogen-bond acceptors (Lipinski definition) is 2. The first-order valence-corrected chi connectivity index (χ1v) is 6.59. The third-order valence-electron chi connectivity index (χ3n) is 2.57. The van der Waals surface area contributed by atoms with Gasteiger partial charge >= 0.3 is 0 Å². The number of hydrogen-bond donors (Lipinski definition) is 0. The van der Waals surface area contributed by atoms with Crippen molar-refractivity contribution in [3.05, 3.63) is 0 Å². The molecular weight excluding hydrogens is 244 g/mol. The molecule has 0 aliphatic heterocycles. The lowest BCUT2D eigenvalue weighted by molar-refractivity contribution is 0.0100. The van der Waals surface area contributed by atoms with Crippen molar-refractivity contribution < 1.29 is 9.47 Å². The monoisotopic (exact) mass is 264 g/mol. The summed E-state index contributed by atoms with van der Waals surface area (Å²) in [6.45, 7) is 4.54. The summed E-state index contributed by atoms with van der Waals surface area (Å²) in [6.07, 6.45) is 6.52. The van der Waals surface area contributed by atoms with Crippen molar-refractivity contribution in [2.24, 2.45) is 0 Å². The van der Waals surface area contributed by atoms with Gasteiger partial charge < -0.3 is 9.47 Å². The Morgan fingerprint density at radius 1 is 1.21 bits per heavy atom. The summed E-state index contributed by atoms with van der Waals surface area (Å²) >= 11 is 3.63. The van der Waals surface area contributed by atoms with E-state index >= 15 is 0 Å². The van der Waals surface area contributed by atoms with Crippen molar-refractivity contribution in [3.63, 3.8) is 0 Å². The topological polar surface area (TPSA) is 18.5 Å². The zero-order chi connectivity index (χ0) is 10.2. The Kier molecular flexibility index (Phi) is 6.82. The van der Waals surface area contributed by atoms with Crippen LogP contribution in [0.5, 0.6) is 0 Å². The lowest BCUT2D eigenvalue weighted by Gasteiger charge is -2.14. The molecule has 0 N–H and O–H groups in total. The summed E-state index contributed by atoms with van der Waals surface area (Å²) in [6, 6.07) is 0. The Hall–Kier alpha value is 0.400. The van der Waals surface area contributed by atoms with Gasteiger partial charge in [-0.05, 0) is 25.7 Å². The van der Waals surface area contributed by atoms with Crippen molar-refractivity contribution in [1.82, 2.24) is 0 Å². The molecule has 1 aliphatic rings. The van der Waals surface area contributed by atoms with Gasteiger partial charge in [-0.2, -0.15) is 0 Å². The molecule has 0 heterocycles. The van der Waals surface area contributed by atoms with Crippen LogP contribution in [-0.2, 0) is 9.47 Å². The molecule has 3 heteroatoms. The number of rotatable bonds is 7. The van der Waals surface area contributed by atoms with Gasteiger partial charge in [0.05, 0.1) is 19.3 Å². The number of unbranched alkanes of at least 4 members (excludes halogenated alkanes) is 1. The minimum atomic E-state index is 0.421. The first-order chi connectivity index (χ1) is 6.84. The third kappa shape index (κ3) is 4.76. The Balaban J connectivity index is 1.88. The Labute approximate surface area is 95.5 Å². The van der Waals surface area contributed by atoms with Gasteiger partial charge in [0.25, 0.3) is 0 Å². The molecule has 0 aromatic heterocycles. The summed E-state index contributed by atoms with van der Waals surface area (Å²) in [5.74, 6) is 0. The molecule has 0 radical (unpaired) electrons. The van der Waals surface area contributed by atoms with Crippen LogP contribution in [0.25, 0.3) is 0 Å². The van der Waals surface area contributed by atoms with Crippen LogP contribution in [0.15, 0.2) is 0 Å². The van der Waals surface area contributed by atoms with E-state index in [4.69, 9.17) is 9.47 Å². The molecule has 14 heavy (non-hydrogen) atoms. The molecule has 0 aromatic rings. The van der Waals surface area contributed by atoms with Crippen molar-refractivity contribution >= 4 is 15.9 Å². The van der Waals surface area contributed by atoms with E-state index in [0.717, 1.165) is 26.2 Å². The van der Waals surface area contributed by atoms with Gasteiger partial charge in [-0.3, -0.25) is 0 Å². The number of alkyl halides is 1. The van der Waals surface area contributed by atoms with Crippen molar-refractivity contribution in [2.75, 3.05) is 19.8 Å². The van der Waals surface area contributed by atoms with E-state index in [0.29, 0.717) is 10.9 Å². The van der Waals surface area contributed by atoms with Gasteiger partial charge in [-0.15, -0.1) is 0 Å². The predicted molar refractivity (Wildman–Crippen MR) is 62.0 cm³/mol. The van der Waals surface area contributed by atoms with Crippen LogP contribution in [0.4, 0.5) is 0 Å². The standard InChI is InChI=1S/C11H21BrO2/c1-2-3-7-13-8-9-14-11-6-4-5-10(11)12/h10-11H,2-9H2,1H3. The normalized spacial score (nSPS) is 27.0. The highest BCUT2D eigenvalue weighted by Crippen LogP contribution is 2.27. The minimum Gasteiger partial charge on any atom is -0.379 e. The zero-order valence-electron chi connectivity index (χ0n) is 9.01. The fourth-order valence-electron chi connectivity index (χ4n) is 1.68. The maximum atomic E-state index is 5.72. The van der Waals surface area contributed by atoms with Gasteiger partial charge in [0.1, 0.15) is 0 Å². The Morgan fingerprint density at radius 2 is 2.07 bits per heavy atom. The van der Waals surface area contributed by atoms with Gasteiger partial charge in [-0.1, -0.05) is 29.3 Å². The fourth-order valence-corrected chi connectivity index (χ4v) is 2.42. The van der Waals surface area contributed by atoms with Crippen LogP contribution in [0.2, 0.25) is 0 Å². The van der Waals surface area contributed by atoms with E-state index in [1.807, 2.05) is 0 Å². The van der Waals surface area contributed by atoms with Crippen LogP contribution < -0.4 is 0 Å². The highest BCUT2D eigenvalue weighted by molar-refractivity contribution is 9.09. The van der Waals surface area contributed by atoms with Gasteiger partial charge in [0, 0.05) is 11.4 Å². The summed E-state index contributed by atoms with van der Waals surface area (Å²) in [7, 11) is 0. The molecular formula is C11H21BrO2. The van der Waals surface area contributed by atoms with Crippen LogP contribution in [-0.4, -0.2) is 30.8 Å². The fraction of sp³-hybridized carbons (Fsp3) is 1.00. The van der Waals surface area contributed by atoms with E-state index in [1.165, 1.54) is 25.7 Å². The number of ether oxygens (including phenoxy) is 2. The first kappa shape index (κ1) is 12.5. The molecule has 1 fully saturated rings. The van der Waals surface area contributed by atoms with Gasteiger partial charge in [0.15, 0.2) is 0 Å². The second kappa shape index (κ2) is 7.66. The molecule has 1 saturated carbocycles. The summed E-state index contributed by atoms with van der Waals surface area (Å²) in [5, 5.41) is 0. The van der Waals surface area contributed by atoms with Crippen molar-refractivity contribution in [3.8, 4) is 0 Å². The molecule has 0 aromatic carbocycles. The molecule has 0 bridgehead atoms. The molecule has 0 saturated heterocycles. The predicted octanol–water partition coefficient (Wildman–Crippen LogP) is 3.14. The minimum absolute atomic E-state index is 0.421. The largest absolute Gasteiger partial charge is 0.379 e. The quantitative estimate of drug-likeness (QED) is 0.520. The van der Waals surface area contributed by atoms with Crippen molar-refractivity contribution in [1.29, 1.82) is 0 Å². The zero-order valence-corrected chi connectivity index (χ0v) is 10.6. The van der Waals surface area contributed by atoms with E-state index in [1.54, 1.807) is 0 Å². The third-order valence-corrected chi connectivity index (χ3v) is 3.62. The van der Waals surface area contributed by atoms with E-state index in [2.05, 4.69) is 22.9 Å². The first-order valence-electron chi connectivity index (χ1n) is 5.68. The smallest absolute Gasteiger partial charge is 0.0704 e. The average molecular weight is 265 g/mol. The van der Waals surface area contributed by atoms with Crippen LogP contribution in [0.1, 0.15) is 39.0 Å². The molecule has 0 spiro atoms. The van der Waals surface area contributed by atoms with Gasteiger partial charge in [0.2, 0.25) is 0 Å². The molecule has 2 unspecified atom stereocenters. The lowest BCUT2D eigenvalue weighted by atomic mass is 10.3. The number of halogens is 1. The highest BCUT2D eigenvalue weighted by atomic mass is 79.9. The molecule has 1 aliphatic carbocycles. The summed E-state index contributed by atoms with van der Waals surface area (Å²) < 4.78 is 11.2. The molecule has 84 valence electrons. The summed E-state index contributed by atoms with van der Waals surface area (Å²) in [4.78, 5) is 0.568. The van der Waals surface area contributed by atoms with Crippen LogP contribution in [0.3, 0.4) is 0 Å². The van der Waals surface area contributed by atoms with E-state index in [-0.39, 0.29) is 0 Å². The van der Waals surface area contributed by atoms with Crippen LogP contribution in [0, 0.1) is 0 Å². The van der Waals surface area contributed by atoms with E-state index < -0.39 is 0 Å². The van der Waals surface area contributed by atoms with Crippen molar-refractivity contribution in [2.45, 2.75) is 50.0 Å². The molecule has 2 atom stereocenters. The maximum absolute atomic E-state index is 5.72. The Morgan fingerprint density at radius 3 is 2.71 bits per heavy atom. The maximum Gasteiger partial charge on any atom is 0.0704 e.